The van der Waals surface area contributed by atoms with Crippen molar-refractivity contribution in [3.05, 3.63) is 58.6 Å². The Labute approximate surface area is 188 Å². The highest BCUT2D eigenvalue weighted by atomic mass is 32.2. The Hall–Kier alpha value is -2.43. The SMILES string of the molecule is CNCCCOCc1ccccc1-c1nc(NSC2=CCCC(F)=N2)ccc1C(F)(F)F. The number of pyridine rings is 1. The molecule has 0 radical (unpaired) electrons. The molecule has 172 valence electrons. The maximum Gasteiger partial charge on any atom is 0.418 e. The van der Waals surface area contributed by atoms with Gasteiger partial charge in [-0.05, 0) is 50.2 Å². The van der Waals surface area contributed by atoms with Crippen LogP contribution in [0, 0.1) is 0 Å². The monoisotopic (exact) mass is 468 g/mol. The van der Waals surface area contributed by atoms with E-state index in [2.05, 4.69) is 20.0 Å². The van der Waals surface area contributed by atoms with Gasteiger partial charge in [0.2, 0.25) is 0 Å². The van der Waals surface area contributed by atoms with E-state index in [-0.39, 0.29) is 24.5 Å². The lowest BCUT2D eigenvalue weighted by Gasteiger charge is -2.17. The summed E-state index contributed by atoms with van der Waals surface area (Å²) in [5.74, 6) is -0.258. The topological polar surface area (TPSA) is 58.5 Å². The van der Waals surface area contributed by atoms with Crippen molar-refractivity contribution in [2.75, 3.05) is 24.9 Å². The number of alkyl halides is 3. The molecule has 3 rings (SSSR count). The molecule has 2 heterocycles. The molecular formula is C22H24F4N4OS. The van der Waals surface area contributed by atoms with E-state index in [1.165, 1.54) is 6.07 Å². The Bertz CT molecular complexity index is 979. The highest BCUT2D eigenvalue weighted by Gasteiger charge is 2.35. The first-order valence-corrected chi connectivity index (χ1v) is 10.9. The number of aromatic nitrogens is 1. The van der Waals surface area contributed by atoms with Crippen LogP contribution in [0.25, 0.3) is 11.3 Å². The van der Waals surface area contributed by atoms with Crippen LogP contribution in [0.5, 0.6) is 0 Å². The number of benzene rings is 1. The van der Waals surface area contributed by atoms with Gasteiger partial charge in [-0.2, -0.15) is 17.6 Å². The smallest absolute Gasteiger partial charge is 0.377 e. The number of anilines is 1. The number of allylic oxidation sites excluding steroid dienone is 1. The summed E-state index contributed by atoms with van der Waals surface area (Å²) in [6, 6.07) is 9.00. The Morgan fingerprint density at radius 3 is 2.72 bits per heavy atom. The van der Waals surface area contributed by atoms with Gasteiger partial charge in [0.25, 0.3) is 0 Å². The molecule has 1 aromatic heterocycles. The molecule has 2 aromatic rings. The molecule has 0 aliphatic carbocycles. The van der Waals surface area contributed by atoms with Crippen molar-refractivity contribution in [1.29, 1.82) is 0 Å². The predicted molar refractivity (Wildman–Crippen MR) is 120 cm³/mol. The van der Waals surface area contributed by atoms with Crippen LogP contribution in [0.2, 0.25) is 0 Å². The first-order chi connectivity index (χ1) is 15.4. The molecule has 10 heteroatoms. The molecule has 1 aliphatic heterocycles. The molecule has 32 heavy (non-hydrogen) atoms. The van der Waals surface area contributed by atoms with Crippen LogP contribution in [-0.4, -0.2) is 31.1 Å². The van der Waals surface area contributed by atoms with Crippen LogP contribution in [0.3, 0.4) is 0 Å². The van der Waals surface area contributed by atoms with E-state index in [0.29, 0.717) is 29.2 Å². The fourth-order valence-electron chi connectivity index (χ4n) is 3.07. The largest absolute Gasteiger partial charge is 0.418 e. The van der Waals surface area contributed by atoms with E-state index in [0.717, 1.165) is 31.0 Å². The predicted octanol–water partition coefficient (Wildman–Crippen LogP) is 5.96. The van der Waals surface area contributed by atoms with Gasteiger partial charge in [-0.25, -0.2) is 9.98 Å². The number of ether oxygens (including phenoxy) is 1. The second-order valence-corrected chi connectivity index (χ2v) is 7.86. The zero-order valence-electron chi connectivity index (χ0n) is 17.5. The lowest BCUT2D eigenvalue weighted by Crippen LogP contribution is -2.11. The van der Waals surface area contributed by atoms with Gasteiger partial charge in [-0.3, -0.25) is 0 Å². The van der Waals surface area contributed by atoms with Crippen LogP contribution in [0.4, 0.5) is 23.4 Å². The van der Waals surface area contributed by atoms with Crippen LogP contribution in [0.1, 0.15) is 30.4 Å². The van der Waals surface area contributed by atoms with Crippen LogP contribution < -0.4 is 10.0 Å². The van der Waals surface area contributed by atoms with Gasteiger partial charge >= 0.3 is 6.18 Å². The molecule has 0 saturated heterocycles. The van der Waals surface area contributed by atoms with E-state index in [4.69, 9.17) is 4.74 Å². The van der Waals surface area contributed by atoms with Crippen molar-refractivity contribution in [1.82, 2.24) is 10.3 Å². The average molecular weight is 469 g/mol. The molecule has 1 aromatic carbocycles. The minimum Gasteiger partial charge on any atom is -0.377 e. The first-order valence-electron chi connectivity index (χ1n) is 10.1. The Morgan fingerprint density at radius 1 is 1.16 bits per heavy atom. The summed E-state index contributed by atoms with van der Waals surface area (Å²) in [5.41, 5.74) is -0.0640. The fourth-order valence-corrected chi connectivity index (χ4v) is 3.73. The molecule has 1 aliphatic rings. The molecule has 0 atom stereocenters. The maximum absolute atomic E-state index is 13.7. The summed E-state index contributed by atoms with van der Waals surface area (Å²) < 4.78 is 63.1. The lowest BCUT2D eigenvalue weighted by atomic mass is 10.00. The average Bonchev–Trinajstić information content (AvgIpc) is 2.77. The van der Waals surface area contributed by atoms with Crippen molar-refractivity contribution in [2.45, 2.75) is 32.0 Å². The van der Waals surface area contributed by atoms with Crippen LogP contribution >= 0.6 is 11.9 Å². The zero-order chi connectivity index (χ0) is 23.0. The fraction of sp³-hybridized carbons (Fsp3) is 0.364. The van der Waals surface area contributed by atoms with E-state index >= 15 is 0 Å². The molecule has 2 N–H and O–H groups in total. The van der Waals surface area contributed by atoms with E-state index in [1.807, 2.05) is 7.05 Å². The summed E-state index contributed by atoms with van der Waals surface area (Å²) in [6.45, 7) is 1.45. The number of nitrogens with zero attached hydrogens (tertiary/aromatic N) is 2. The third kappa shape index (κ3) is 6.78. The normalized spacial score (nSPS) is 14.2. The third-order valence-electron chi connectivity index (χ3n) is 4.61. The Kier molecular flexibility index (Phi) is 8.66. The highest BCUT2D eigenvalue weighted by Crippen LogP contribution is 2.38. The molecule has 0 fully saturated rings. The molecule has 0 amide bonds. The third-order valence-corrected chi connectivity index (χ3v) is 5.39. The second-order valence-electron chi connectivity index (χ2n) is 7.03. The summed E-state index contributed by atoms with van der Waals surface area (Å²) in [5, 5.41) is 3.42. The minimum atomic E-state index is -4.58. The van der Waals surface area contributed by atoms with Gasteiger partial charge in [0.15, 0.2) is 5.97 Å². The molecule has 5 nitrogen and oxygen atoms in total. The van der Waals surface area contributed by atoms with Gasteiger partial charge in [0.1, 0.15) is 10.8 Å². The van der Waals surface area contributed by atoms with E-state index in [1.54, 1.807) is 30.3 Å². The number of aliphatic imine (C=N–C) groups is 1. The van der Waals surface area contributed by atoms with Gasteiger partial charge in [0, 0.05) is 30.5 Å². The molecule has 0 unspecified atom stereocenters. The van der Waals surface area contributed by atoms with Crippen LogP contribution in [-0.2, 0) is 17.5 Å². The number of hydrogen-bond acceptors (Lipinski definition) is 6. The number of nitrogens with one attached hydrogen (secondary N) is 2. The summed E-state index contributed by atoms with van der Waals surface area (Å²) in [4.78, 5) is 8.03. The van der Waals surface area contributed by atoms with Crippen LogP contribution in [0.15, 0.2) is 52.5 Å². The van der Waals surface area contributed by atoms with Crippen molar-refractivity contribution in [3.8, 4) is 11.3 Å². The van der Waals surface area contributed by atoms with Gasteiger partial charge in [0.05, 0.1) is 17.9 Å². The van der Waals surface area contributed by atoms with Crippen molar-refractivity contribution in [3.63, 3.8) is 0 Å². The summed E-state index contributed by atoms with van der Waals surface area (Å²) >= 11 is 1.01. The number of hydrogen-bond donors (Lipinski definition) is 2. The van der Waals surface area contributed by atoms with Gasteiger partial charge in [-0.1, -0.05) is 24.3 Å². The van der Waals surface area contributed by atoms with E-state index in [9.17, 15) is 17.6 Å². The zero-order valence-corrected chi connectivity index (χ0v) is 18.3. The van der Waals surface area contributed by atoms with Crippen molar-refractivity contribution < 1.29 is 22.3 Å². The molecule has 0 saturated carbocycles. The number of halogens is 4. The minimum absolute atomic E-state index is 0.173. The summed E-state index contributed by atoms with van der Waals surface area (Å²) in [6.07, 6.45) is -1.26. The maximum atomic E-state index is 13.7. The highest BCUT2D eigenvalue weighted by molar-refractivity contribution is 8.04. The standard InChI is InChI=1S/C22H24F4N4OS/c1-27-12-5-13-31-14-15-6-2-3-7-16(15)21-17(22(24,25)26)10-11-19(29-21)30-32-20-9-4-8-18(23)28-20/h2-3,6-7,9-11,27H,4-5,8,12-14H2,1H3,(H,29,30). The second kappa shape index (κ2) is 11.4. The molecular weight excluding hydrogens is 444 g/mol. The number of rotatable bonds is 10. The summed E-state index contributed by atoms with van der Waals surface area (Å²) in [7, 11) is 1.84. The van der Waals surface area contributed by atoms with Crippen molar-refractivity contribution >= 4 is 23.7 Å². The van der Waals surface area contributed by atoms with Crippen molar-refractivity contribution in [2.24, 2.45) is 4.99 Å². The van der Waals surface area contributed by atoms with Gasteiger partial charge < -0.3 is 14.8 Å². The van der Waals surface area contributed by atoms with Gasteiger partial charge in [-0.15, -0.1) is 0 Å². The Morgan fingerprint density at radius 2 is 1.97 bits per heavy atom. The molecule has 0 bridgehead atoms. The Balaban J connectivity index is 1.85. The van der Waals surface area contributed by atoms with E-state index < -0.39 is 17.7 Å². The molecule has 0 spiro atoms. The first kappa shape index (κ1) is 24.2. The quantitative estimate of drug-likeness (QED) is 0.256. The lowest BCUT2D eigenvalue weighted by molar-refractivity contribution is -0.137.